The SMILES string of the molecule is Nc1cn([C@H]2CN[C@H](CONC(=O)[C@@H]3CC[C@@H]4CN3C(=O)N4OS(=O)(=O)O)C2)cn1. The van der Waals surface area contributed by atoms with E-state index in [4.69, 9.17) is 15.1 Å². The molecule has 15 heteroatoms. The predicted octanol–water partition coefficient (Wildman–Crippen LogP) is -1.58. The fourth-order valence-corrected chi connectivity index (χ4v) is 4.48. The van der Waals surface area contributed by atoms with E-state index < -0.39 is 34.4 Å². The zero-order valence-electron chi connectivity index (χ0n) is 15.9. The van der Waals surface area contributed by atoms with E-state index >= 15 is 0 Å². The molecule has 14 nitrogen and oxygen atoms in total. The number of nitrogens with one attached hydrogen (secondary N) is 2. The van der Waals surface area contributed by atoms with Gasteiger partial charge >= 0.3 is 16.4 Å². The van der Waals surface area contributed by atoms with Gasteiger partial charge in [0.2, 0.25) is 0 Å². The molecule has 0 saturated carbocycles. The maximum atomic E-state index is 12.5. The number of aromatic nitrogens is 2. The van der Waals surface area contributed by atoms with Crippen molar-refractivity contribution in [3.63, 3.8) is 0 Å². The molecule has 0 spiro atoms. The summed E-state index contributed by atoms with van der Waals surface area (Å²) in [6.45, 7) is 1.06. The molecule has 2 bridgehead atoms. The zero-order chi connectivity index (χ0) is 21.5. The van der Waals surface area contributed by atoms with Gasteiger partial charge in [-0.3, -0.25) is 14.2 Å². The van der Waals surface area contributed by atoms with Gasteiger partial charge in [-0.05, 0) is 19.3 Å². The second-order valence-electron chi connectivity index (χ2n) is 7.53. The number of anilines is 1. The van der Waals surface area contributed by atoms with Crippen LogP contribution in [0.1, 0.15) is 25.3 Å². The van der Waals surface area contributed by atoms with Crippen LogP contribution in [0.3, 0.4) is 0 Å². The van der Waals surface area contributed by atoms with Gasteiger partial charge in [0.25, 0.3) is 5.91 Å². The van der Waals surface area contributed by atoms with Gasteiger partial charge in [0.15, 0.2) is 0 Å². The van der Waals surface area contributed by atoms with Crippen molar-refractivity contribution < 1.29 is 31.7 Å². The average molecular weight is 445 g/mol. The second-order valence-corrected chi connectivity index (χ2v) is 8.53. The van der Waals surface area contributed by atoms with Crippen molar-refractivity contribution in [2.24, 2.45) is 0 Å². The van der Waals surface area contributed by atoms with E-state index in [2.05, 4.69) is 20.1 Å². The van der Waals surface area contributed by atoms with Crippen LogP contribution in [0.15, 0.2) is 12.5 Å². The molecule has 1 aromatic heterocycles. The summed E-state index contributed by atoms with van der Waals surface area (Å²) in [5, 5.41) is 3.89. The summed E-state index contributed by atoms with van der Waals surface area (Å²) in [7, 11) is -4.83. The van der Waals surface area contributed by atoms with Crippen LogP contribution in [0.25, 0.3) is 0 Å². The Morgan fingerprint density at radius 3 is 2.90 bits per heavy atom. The van der Waals surface area contributed by atoms with Crippen molar-refractivity contribution in [2.45, 2.75) is 43.4 Å². The van der Waals surface area contributed by atoms with E-state index in [0.29, 0.717) is 30.3 Å². The second kappa shape index (κ2) is 7.99. The highest BCUT2D eigenvalue weighted by Gasteiger charge is 2.49. The monoisotopic (exact) mass is 445 g/mol. The fraction of sp³-hybridized carbons (Fsp3) is 0.667. The number of piperidine rings is 1. The van der Waals surface area contributed by atoms with Gasteiger partial charge in [0.1, 0.15) is 11.9 Å². The van der Waals surface area contributed by atoms with Gasteiger partial charge in [-0.1, -0.05) is 0 Å². The molecule has 166 valence electrons. The Balaban J connectivity index is 1.25. The number of hydrogen-bond donors (Lipinski definition) is 4. The average Bonchev–Trinajstić information content (AvgIpc) is 3.37. The lowest BCUT2D eigenvalue weighted by atomic mass is 10.0. The Hall–Kier alpha value is -2.46. The van der Waals surface area contributed by atoms with Crippen molar-refractivity contribution in [3.05, 3.63) is 12.5 Å². The Morgan fingerprint density at radius 2 is 2.20 bits per heavy atom. The maximum Gasteiger partial charge on any atom is 0.418 e. The van der Waals surface area contributed by atoms with Crippen molar-refractivity contribution in [2.75, 3.05) is 25.4 Å². The highest BCUT2D eigenvalue weighted by molar-refractivity contribution is 7.80. The quantitative estimate of drug-likeness (QED) is 0.282. The van der Waals surface area contributed by atoms with Crippen LogP contribution in [0.2, 0.25) is 0 Å². The molecule has 4 heterocycles. The molecule has 4 rings (SSSR count). The number of hydroxylamine groups is 3. The van der Waals surface area contributed by atoms with Gasteiger partial charge in [-0.25, -0.2) is 15.3 Å². The number of nitrogens with zero attached hydrogens (tertiary/aromatic N) is 4. The highest BCUT2D eigenvalue weighted by Crippen LogP contribution is 2.30. The Labute approximate surface area is 172 Å². The van der Waals surface area contributed by atoms with E-state index in [0.717, 1.165) is 6.42 Å². The minimum atomic E-state index is -4.83. The van der Waals surface area contributed by atoms with Crippen LogP contribution < -0.4 is 16.5 Å². The number of hydrogen-bond acceptors (Lipinski definition) is 9. The lowest BCUT2D eigenvalue weighted by molar-refractivity contribution is -0.139. The van der Waals surface area contributed by atoms with Crippen molar-refractivity contribution in [3.8, 4) is 0 Å². The summed E-state index contributed by atoms with van der Waals surface area (Å²) in [5.74, 6) is -0.0545. The minimum absolute atomic E-state index is 0.0155. The number of amides is 3. The maximum absolute atomic E-state index is 12.5. The largest absolute Gasteiger partial charge is 0.418 e. The first-order valence-corrected chi connectivity index (χ1v) is 10.8. The lowest BCUT2D eigenvalue weighted by Gasteiger charge is -2.29. The van der Waals surface area contributed by atoms with Crippen molar-refractivity contribution in [1.29, 1.82) is 0 Å². The van der Waals surface area contributed by atoms with Gasteiger partial charge in [-0.15, -0.1) is 4.28 Å². The van der Waals surface area contributed by atoms with E-state index in [1.54, 1.807) is 12.5 Å². The first kappa shape index (κ1) is 20.8. The van der Waals surface area contributed by atoms with Crippen LogP contribution in [0.4, 0.5) is 10.6 Å². The van der Waals surface area contributed by atoms with Crippen molar-refractivity contribution >= 4 is 28.2 Å². The van der Waals surface area contributed by atoms with Crippen LogP contribution in [-0.2, 0) is 24.3 Å². The van der Waals surface area contributed by atoms with E-state index in [-0.39, 0.29) is 25.2 Å². The molecule has 0 aromatic carbocycles. The first-order valence-electron chi connectivity index (χ1n) is 9.42. The standard InChI is InChI=1S/C15H23N7O7S/c16-13-6-20(8-18-13)11-3-9(17-4-11)7-28-19-14(23)12-2-1-10-5-21(12)15(24)22(10)29-30(25,26)27/h6,8-12,17H,1-5,7,16H2,(H,19,23)(H,25,26,27)/t9-,10+,11+,12-/m0/s1. The number of carbonyl (C=O) groups is 2. The number of rotatable bonds is 7. The number of imidazole rings is 1. The molecule has 0 radical (unpaired) electrons. The number of nitrogen functional groups attached to an aromatic ring is 1. The fourth-order valence-electron chi connectivity index (χ4n) is 4.09. The van der Waals surface area contributed by atoms with E-state index in [1.165, 1.54) is 4.90 Å². The summed E-state index contributed by atoms with van der Waals surface area (Å²) in [6.07, 6.45) is 4.85. The summed E-state index contributed by atoms with van der Waals surface area (Å²) in [5.41, 5.74) is 8.00. The predicted molar refractivity (Wildman–Crippen MR) is 99.6 cm³/mol. The number of urea groups is 1. The molecule has 5 N–H and O–H groups in total. The molecule has 1 aromatic rings. The van der Waals surface area contributed by atoms with Gasteiger partial charge in [0.05, 0.1) is 19.0 Å². The van der Waals surface area contributed by atoms with E-state index in [1.807, 2.05) is 4.57 Å². The summed E-state index contributed by atoms with van der Waals surface area (Å²) < 4.78 is 36.9. The lowest BCUT2D eigenvalue weighted by Crippen LogP contribution is -2.50. The minimum Gasteiger partial charge on any atom is -0.382 e. The molecule has 0 aliphatic carbocycles. The third-order valence-electron chi connectivity index (χ3n) is 5.50. The number of nitrogens with two attached hydrogens (primary N) is 1. The first-order chi connectivity index (χ1) is 14.2. The molecular formula is C15H23N7O7S. The summed E-state index contributed by atoms with van der Waals surface area (Å²) in [6, 6.07) is -1.97. The topological polar surface area (TPSA) is 181 Å². The summed E-state index contributed by atoms with van der Waals surface area (Å²) in [4.78, 5) is 35.4. The van der Waals surface area contributed by atoms with Gasteiger partial charge in [0, 0.05) is 31.4 Å². The third-order valence-corrected chi connectivity index (χ3v) is 5.85. The highest BCUT2D eigenvalue weighted by atomic mass is 32.3. The van der Waals surface area contributed by atoms with Crippen LogP contribution in [0, 0.1) is 0 Å². The summed E-state index contributed by atoms with van der Waals surface area (Å²) >= 11 is 0. The molecule has 3 fully saturated rings. The van der Waals surface area contributed by atoms with Crippen LogP contribution in [-0.4, -0.2) is 82.2 Å². The molecule has 0 unspecified atom stereocenters. The molecule has 3 amide bonds. The Morgan fingerprint density at radius 1 is 1.40 bits per heavy atom. The molecular weight excluding hydrogens is 422 g/mol. The molecule has 3 aliphatic rings. The van der Waals surface area contributed by atoms with Crippen LogP contribution >= 0.6 is 0 Å². The molecule has 30 heavy (non-hydrogen) atoms. The normalized spacial score (nSPS) is 28.9. The molecule has 3 saturated heterocycles. The van der Waals surface area contributed by atoms with E-state index in [9.17, 15) is 18.0 Å². The molecule has 4 atom stereocenters. The Bertz CT molecular complexity index is 922. The van der Waals surface area contributed by atoms with Crippen molar-refractivity contribution in [1.82, 2.24) is 30.3 Å². The smallest absolute Gasteiger partial charge is 0.382 e. The van der Waals surface area contributed by atoms with Gasteiger partial charge in [-0.2, -0.15) is 13.5 Å². The number of fused-ring (bicyclic) bond motifs is 2. The third kappa shape index (κ3) is 4.34. The zero-order valence-corrected chi connectivity index (χ0v) is 16.7. The number of carbonyl (C=O) groups excluding carboxylic acids is 2. The van der Waals surface area contributed by atoms with Gasteiger partial charge < -0.3 is 20.5 Å². The van der Waals surface area contributed by atoms with Crippen LogP contribution in [0.5, 0.6) is 0 Å². The molecule has 3 aliphatic heterocycles. The Kier molecular flexibility index (Phi) is 5.54.